The third kappa shape index (κ3) is 6.77. The third-order valence-corrected chi connectivity index (χ3v) is 7.56. The molecule has 5 rings (SSSR count). The van der Waals surface area contributed by atoms with Crippen LogP contribution in [0.15, 0.2) is 54.6 Å². The molecular formula is C30H31F3N6O4. The topological polar surface area (TPSA) is 131 Å². The maximum Gasteiger partial charge on any atom is 0.416 e. The number of aromatic nitrogens is 4. The van der Waals surface area contributed by atoms with E-state index in [0.717, 1.165) is 31.4 Å². The number of ether oxygens (including phenoxy) is 1. The van der Waals surface area contributed by atoms with E-state index in [-0.39, 0.29) is 29.7 Å². The Balaban J connectivity index is 1.58. The SMILES string of the molecule is COC(=O)c1nc(NCCC2CCC2)c2c(n1)nc(C(=O)N[C@@H](CO)c1ccccc1)n2Cc1ccc(C(F)(F)F)cc1. The minimum absolute atomic E-state index is 0.0267. The van der Waals surface area contributed by atoms with Crippen LogP contribution >= 0.6 is 0 Å². The van der Waals surface area contributed by atoms with E-state index in [9.17, 15) is 27.9 Å². The van der Waals surface area contributed by atoms with Gasteiger partial charge in [-0.3, -0.25) is 4.79 Å². The number of fused-ring (bicyclic) bond motifs is 1. The van der Waals surface area contributed by atoms with Gasteiger partial charge in [0.2, 0.25) is 11.6 Å². The molecule has 1 saturated carbocycles. The quantitative estimate of drug-likeness (QED) is 0.212. The van der Waals surface area contributed by atoms with Gasteiger partial charge in [0.15, 0.2) is 11.5 Å². The maximum absolute atomic E-state index is 13.7. The summed E-state index contributed by atoms with van der Waals surface area (Å²) in [6.45, 7) is 0.0882. The summed E-state index contributed by atoms with van der Waals surface area (Å²) in [7, 11) is 1.19. The Hall–Kier alpha value is -4.52. The van der Waals surface area contributed by atoms with Crippen LogP contribution in [-0.2, 0) is 17.5 Å². The second-order valence-electron chi connectivity index (χ2n) is 10.4. The molecule has 4 aromatic rings. The van der Waals surface area contributed by atoms with Crippen LogP contribution in [0.1, 0.15) is 69.7 Å². The van der Waals surface area contributed by atoms with Crippen LogP contribution in [-0.4, -0.2) is 56.8 Å². The zero-order valence-electron chi connectivity index (χ0n) is 23.4. The molecule has 0 aliphatic heterocycles. The minimum atomic E-state index is -4.50. The molecule has 1 fully saturated rings. The summed E-state index contributed by atoms with van der Waals surface area (Å²) in [6, 6.07) is 12.7. The second kappa shape index (κ2) is 12.8. The fourth-order valence-corrected chi connectivity index (χ4v) is 4.97. The van der Waals surface area contributed by atoms with Crippen molar-refractivity contribution in [2.24, 2.45) is 5.92 Å². The van der Waals surface area contributed by atoms with Gasteiger partial charge in [0, 0.05) is 6.54 Å². The second-order valence-corrected chi connectivity index (χ2v) is 10.4. The van der Waals surface area contributed by atoms with Gasteiger partial charge >= 0.3 is 12.1 Å². The predicted molar refractivity (Wildman–Crippen MR) is 151 cm³/mol. The molecule has 1 amide bonds. The molecular weight excluding hydrogens is 565 g/mol. The van der Waals surface area contributed by atoms with E-state index in [4.69, 9.17) is 4.74 Å². The molecule has 1 aliphatic carbocycles. The molecule has 10 nitrogen and oxygen atoms in total. The number of aliphatic hydroxyl groups is 1. The van der Waals surface area contributed by atoms with Crippen LogP contribution in [0.3, 0.4) is 0 Å². The Morgan fingerprint density at radius 1 is 1.07 bits per heavy atom. The van der Waals surface area contributed by atoms with E-state index in [1.165, 1.54) is 30.2 Å². The molecule has 0 unspecified atom stereocenters. The van der Waals surface area contributed by atoms with Gasteiger partial charge in [-0.25, -0.2) is 19.7 Å². The van der Waals surface area contributed by atoms with Gasteiger partial charge < -0.3 is 25.0 Å². The lowest BCUT2D eigenvalue weighted by molar-refractivity contribution is -0.137. The average molecular weight is 597 g/mol. The van der Waals surface area contributed by atoms with Crippen LogP contribution < -0.4 is 10.6 Å². The summed E-state index contributed by atoms with van der Waals surface area (Å²) in [6.07, 6.45) is -0.173. The Labute approximate surface area is 245 Å². The van der Waals surface area contributed by atoms with E-state index < -0.39 is 36.3 Å². The largest absolute Gasteiger partial charge is 0.463 e. The van der Waals surface area contributed by atoms with Crippen molar-refractivity contribution in [3.63, 3.8) is 0 Å². The minimum Gasteiger partial charge on any atom is -0.463 e. The number of amides is 1. The molecule has 2 aromatic carbocycles. The van der Waals surface area contributed by atoms with E-state index >= 15 is 0 Å². The summed E-state index contributed by atoms with van der Waals surface area (Å²) in [5.41, 5.74) is 0.642. The standard InChI is InChI=1S/C30H31F3N6O4/c1-43-29(42)26-36-24(34-15-14-18-6-5-7-18)23-25(37-26)38-27(28(41)35-22(17-40)20-8-3-2-4-9-20)39(23)16-19-10-12-21(13-11-19)30(31,32)33/h2-4,8-13,18,22,40H,5-7,14-17H2,1H3,(H,35,41)(H,34,36,37)/t22-/m0/s1. The molecule has 226 valence electrons. The van der Waals surface area contributed by atoms with Gasteiger partial charge in [0.1, 0.15) is 5.52 Å². The Bertz CT molecular complexity index is 1590. The van der Waals surface area contributed by atoms with E-state index in [1.807, 2.05) is 0 Å². The van der Waals surface area contributed by atoms with Gasteiger partial charge in [0.05, 0.1) is 31.9 Å². The maximum atomic E-state index is 13.7. The van der Waals surface area contributed by atoms with Crippen LogP contribution in [0.4, 0.5) is 19.0 Å². The highest BCUT2D eigenvalue weighted by Crippen LogP contribution is 2.31. The first-order valence-electron chi connectivity index (χ1n) is 13.9. The van der Waals surface area contributed by atoms with Gasteiger partial charge in [-0.05, 0) is 35.6 Å². The third-order valence-electron chi connectivity index (χ3n) is 7.56. The van der Waals surface area contributed by atoms with Crippen molar-refractivity contribution < 1.29 is 32.6 Å². The summed E-state index contributed by atoms with van der Waals surface area (Å²) in [5, 5.41) is 16.1. The Morgan fingerprint density at radius 2 is 1.79 bits per heavy atom. The van der Waals surface area contributed by atoms with Crippen LogP contribution in [0, 0.1) is 5.92 Å². The van der Waals surface area contributed by atoms with Crippen molar-refractivity contribution in [1.29, 1.82) is 0 Å². The zero-order valence-corrected chi connectivity index (χ0v) is 23.4. The smallest absolute Gasteiger partial charge is 0.416 e. The van der Waals surface area contributed by atoms with Crippen LogP contribution in [0.5, 0.6) is 0 Å². The van der Waals surface area contributed by atoms with Crippen molar-refractivity contribution in [2.45, 2.75) is 44.4 Å². The fourth-order valence-electron chi connectivity index (χ4n) is 4.97. The predicted octanol–water partition coefficient (Wildman–Crippen LogP) is 4.75. The number of esters is 1. The van der Waals surface area contributed by atoms with Crippen molar-refractivity contribution >= 4 is 28.9 Å². The number of nitrogens with zero attached hydrogens (tertiary/aromatic N) is 4. The highest BCUT2D eigenvalue weighted by atomic mass is 19.4. The number of anilines is 1. The Morgan fingerprint density at radius 3 is 2.40 bits per heavy atom. The number of halogens is 3. The van der Waals surface area contributed by atoms with E-state index in [2.05, 4.69) is 25.6 Å². The van der Waals surface area contributed by atoms with Gasteiger partial charge in [0.25, 0.3) is 5.91 Å². The monoisotopic (exact) mass is 596 g/mol. The van der Waals surface area contributed by atoms with Crippen LogP contribution in [0.25, 0.3) is 11.2 Å². The number of alkyl halides is 3. The number of methoxy groups -OCH3 is 1. The van der Waals surface area contributed by atoms with Gasteiger partial charge in [-0.2, -0.15) is 13.2 Å². The number of hydrogen-bond donors (Lipinski definition) is 3. The number of rotatable bonds is 11. The first-order valence-corrected chi connectivity index (χ1v) is 13.9. The number of carbonyl (C=O) groups is 2. The summed E-state index contributed by atoms with van der Waals surface area (Å²) < 4.78 is 45.9. The molecule has 0 bridgehead atoms. The number of carbonyl (C=O) groups excluding carboxylic acids is 2. The number of imidazole rings is 1. The molecule has 3 N–H and O–H groups in total. The number of aliphatic hydroxyl groups excluding tert-OH is 1. The Kier molecular flexibility index (Phi) is 8.90. The number of nitrogens with one attached hydrogen (secondary N) is 2. The van der Waals surface area contributed by atoms with Crippen molar-refractivity contribution in [2.75, 3.05) is 25.6 Å². The van der Waals surface area contributed by atoms with Crippen molar-refractivity contribution in [3.8, 4) is 0 Å². The first-order chi connectivity index (χ1) is 20.7. The fraction of sp³-hybridized carbons (Fsp3) is 0.367. The van der Waals surface area contributed by atoms with Crippen LogP contribution in [0.2, 0.25) is 0 Å². The zero-order chi connectivity index (χ0) is 30.6. The average Bonchev–Trinajstić information content (AvgIpc) is 3.35. The van der Waals surface area contributed by atoms with E-state index in [1.54, 1.807) is 30.3 Å². The van der Waals surface area contributed by atoms with Gasteiger partial charge in [-0.15, -0.1) is 0 Å². The molecule has 13 heteroatoms. The lowest BCUT2D eigenvalue weighted by Gasteiger charge is -2.25. The van der Waals surface area contributed by atoms with E-state index in [0.29, 0.717) is 29.1 Å². The molecule has 1 atom stereocenters. The molecule has 2 heterocycles. The lowest BCUT2D eigenvalue weighted by atomic mass is 9.83. The molecule has 2 aromatic heterocycles. The van der Waals surface area contributed by atoms with Crippen molar-refractivity contribution in [3.05, 3.63) is 82.9 Å². The molecule has 43 heavy (non-hydrogen) atoms. The first kappa shape index (κ1) is 30.0. The summed E-state index contributed by atoms with van der Waals surface area (Å²) >= 11 is 0. The highest BCUT2D eigenvalue weighted by Gasteiger charge is 2.31. The van der Waals surface area contributed by atoms with Gasteiger partial charge in [-0.1, -0.05) is 61.7 Å². The normalized spacial score (nSPS) is 14.3. The molecule has 0 radical (unpaired) electrons. The summed E-state index contributed by atoms with van der Waals surface area (Å²) in [5.74, 6) is -1.02. The number of hydrogen-bond acceptors (Lipinski definition) is 8. The summed E-state index contributed by atoms with van der Waals surface area (Å²) in [4.78, 5) is 39.2. The lowest BCUT2D eigenvalue weighted by Crippen LogP contribution is -2.33. The number of benzene rings is 2. The van der Waals surface area contributed by atoms with Crippen molar-refractivity contribution in [1.82, 2.24) is 24.8 Å². The molecule has 0 spiro atoms. The molecule has 1 aliphatic rings. The highest BCUT2D eigenvalue weighted by molar-refractivity contribution is 5.98. The molecule has 0 saturated heterocycles.